The summed E-state index contributed by atoms with van der Waals surface area (Å²) in [5.74, 6) is 0.0508. The third-order valence-corrected chi connectivity index (χ3v) is 4.44. The molecular weight excluding hydrogens is 328 g/mol. The van der Waals surface area contributed by atoms with Gasteiger partial charge in [0.2, 0.25) is 0 Å². The van der Waals surface area contributed by atoms with Crippen LogP contribution in [0.4, 0.5) is 0 Å². The summed E-state index contributed by atoms with van der Waals surface area (Å²) in [6.07, 6.45) is 0. The van der Waals surface area contributed by atoms with Crippen molar-refractivity contribution >= 4 is 17.3 Å². The number of carbonyl (C=O) groups is 2. The highest BCUT2D eigenvalue weighted by Gasteiger charge is 2.30. The molecule has 0 fully saturated rings. The fourth-order valence-corrected chi connectivity index (χ4v) is 3.03. The second-order valence-electron chi connectivity index (χ2n) is 6.53. The Hall–Kier alpha value is -2.95. The van der Waals surface area contributed by atoms with Crippen molar-refractivity contribution in [3.8, 4) is 0 Å². The molecule has 1 aromatic carbocycles. The molecule has 0 N–H and O–H groups in total. The van der Waals surface area contributed by atoms with Crippen molar-refractivity contribution in [2.45, 2.75) is 20.8 Å². The maximum Gasteiger partial charge on any atom is 0.260 e. The lowest BCUT2D eigenvalue weighted by molar-refractivity contribution is -0.131. The van der Waals surface area contributed by atoms with E-state index in [2.05, 4.69) is 4.98 Å². The number of Topliss-reactive ketones (excluding diaryl/α,β-unsaturated/α-hetero) is 1. The Balaban J connectivity index is 1.76. The van der Waals surface area contributed by atoms with Gasteiger partial charge in [0.1, 0.15) is 11.5 Å². The van der Waals surface area contributed by atoms with Gasteiger partial charge in [-0.2, -0.15) is 0 Å². The summed E-state index contributed by atoms with van der Waals surface area (Å²) < 4.78 is 5.69. The molecule has 26 heavy (non-hydrogen) atoms. The van der Waals surface area contributed by atoms with Gasteiger partial charge >= 0.3 is 0 Å². The predicted octanol–water partition coefficient (Wildman–Crippen LogP) is 3.46. The van der Waals surface area contributed by atoms with E-state index in [0.717, 1.165) is 11.3 Å². The van der Waals surface area contributed by atoms with Crippen LogP contribution in [-0.2, 0) is 9.53 Å². The fourth-order valence-electron chi connectivity index (χ4n) is 3.03. The number of aryl methyl sites for hydroxylation is 1. The molecule has 0 saturated heterocycles. The van der Waals surface area contributed by atoms with E-state index in [1.54, 1.807) is 17.9 Å². The molecule has 0 aliphatic carbocycles. The van der Waals surface area contributed by atoms with Gasteiger partial charge in [0.15, 0.2) is 12.5 Å². The lowest BCUT2D eigenvalue weighted by Gasteiger charge is -2.31. The van der Waals surface area contributed by atoms with Crippen molar-refractivity contribution in [1.29, 1.82) is 0 Å². The smallest absolute Gasteiger partial charge is 0.260 e. The third-order valence-electron chi connectivity index (χ3n) is 4.44. The van der Waals surface area contributed by atoms with Crippen LogP contribution in [0.1, 0.15) is 35.6 Å². The molecule has 1 aromatic heterocycles. The second kappa shape index (κ2) is 7.52. The summed E-state index contributed by atoms with van der Waals surface area (Å²) in [5.41, 5.74) is 2.59. The topological polar surface area (TPSA) is 59.5 Å². The Bertz CT molecular complexity index is 859. The molecule has 1 aliphatic rings. The molecule has 3 rings (SSSR count). The molecule has 0 spiro atoms. The molecule has 1 atom stereocenters. The quantitative estimate of drug-likeness (QED) is 0.775. The minimum atomic E-state index is -0.368. The number of allylic oxidation sites excluding steroid dienone is 1. The summed E-state index contributed by atoms with van der Waals surface area (Å²) >= 11 is 0. The molecule has 2 aromatic rings. The summed E-state index contributed by atoms with van der Waals surface area (Å²) in [6.45, 7) is 5.90. The van der Waals surface area contributed by atoms with Crippen LogP contribution in [0.3, 0.4) is 0 Å². The molecule has 5 heteroatoms. The lowest BCUT2D eigenvalue weighted by Crippen LogP contribution is -2.41. The molecule has 1 aliphatic heterocycles. The predicted molar refractivity (Wildman–Crippen MR) is 99.2 cm³/mol. The fraction of sp³-hybridized carbons (Fsp3) is 0.286. The van der Waals surface area contributed by atoms with Gasteiger partial charge < -0.3 is 9.64 Å². The SMILES string of the molecule is CC1=C(c2ccccc2)C(=O)N(CC(C)C(=O)c2cccc(C)n2)CO1. The number of ether oxygens (including phenoxy) is 1. The van der Waals surface area contributed by atoms with Gasteiger partial charge in [-0.3, -0.25) is 14.6 Å². The highest BCUT2D eigenvalue weighted by Crippen LogP contribution is 2.26. The van der Waals surface area contributed by atoms with Crippen molar-refractivity contribution in [2.24, 2.45) is 5.92 Å². The van der Waals surface area contributed by atoms with Gasteiger partial charge in [-0.05, 0) is 31.5 Å². The molecule has 0 bridgehead atoms. The van der Waals surface area contributed by atoms with Crippen molar-refractivity contribution in [1.82, 2.24) is 9.88 Å². The zero-order valence-electron chi connectivity index (χ0n) is 15.2. The van der Waals surface area contributed by atoms with Crippen molar-refractivity contribution < 1.29 is 14.3 Å². The van der Waals surface area contributed by atoms with Crippen molar-refractivity contribution in [2.75, 3.05) is 13.3 Å². The first-order valence-corrected chi connectivity index (χ1v) is 8.63. The zero-order chi connectivity index (χ0) is 18.7. The van der Waals surface area contributed by atoms with Gasteiger partial charge in [-0.25, -0.2) is 0 Å². The van der Waals surface area contributed by atoms with Crippen LogP contribution in [0.25, 0.3) is 5.57 Å². The van der Waals surface area contributed by atoms with Gasteiger partial charge in [0.25, 0.3) is 5.91 Å². The largest absolute Gasteiger partial charge is 0.477 e. The van der Waals surface area contributed by atoms with Gasteiger partial charge in [-0.1, -0.05) is 43.3 Å². The van der Waals surface area contributed by atoms with E-state index in [-0.39, 0.29) is 30.9 Å². The number of benzene rings is 1. The number of hydrogen-bond acceptors (Lipinski definition) is 4. The highest BCUT2D eigenvalue weighted by atomic mass is 16.5. The maximum absolute atomic E-state index is 12.9. The highest BCUT2D eigenvalue weighted by molar-refractivity contribution is 6.20. The van der Waals surface area contributed by atoms with E-state index in [4.69, 9.17) is 4.74 Å². The van der Waals surface area contributed by atoms with Crippen LogP contribution in [0, 0.1) is 12.8 Å². The number of nitrogens with zero attached hydrogens (tertiary/aromatic N) is 2. The van der Waals surface area contributed by atoms with Crippen LogP contribution < -0.4 is 0 Å². The Morgan fingerprint density at radius 3 is 2.58 bits per heavy atom. The number of ketones is 1. The molecule has 5 nitrogen and oxygen atoms in total. The summed E-state index contributed by atoms with van der Waals surface area (Å²) in [5, 5.41) is 0. The zero-order valence-corrected chi connectivity index (χ0v) is 15.2. The first-order chi connectivity index (χ1) is 12.5. The first-order valence-electron chi connectivity index (χ1n) is 8.63. The summed E-state index contributed by atoms with van der Waals surface area (Å²) in [4.78, 5) is 31.5. The van der Waals surface area contributed by atoms with Crippen molar-refractivity contribution in [3.05, 3.63) is 71.2 Å². The Kier molecular flexibility index (Phi) is 5.16. The van der Waals surface area contributed by atoms with E-state index in [1.807, 2.05) is 56.3 Å². The van der Waals surface area contributed by atoms with E-state index in [1.165, 1.54) is 0 Å². The minimum Gasteiger partial charge on any atom is -0.477 e. The van der Waals surface area contributed by atoms with Crippen LogP contribution in [0.15, 0.2) is 54.3 Å². The average Bonchev–Trinajstić information content (AvgIpc) is 2.64. The van der Waals surface area contributed by atoms with Crippen molar-refractivity contribution in [3.63, 3.8) is 0 Å². The Labute approximate surface area is 153 Å². The monoisotopic (exact) mass is 350 g/mol. The molecular formula is C21H22N2O3. The number of hydrogen-bond donors (Lipinski definition) is 0. The molecule has 1 amide bonds. The molecule has 1 unspecified atom stereocenters. The number of pyridine rings is 1. The van der Waals surface area contributed by atoms with E-state index in [9.17, 15) is 9.59 Å². The van der Waals surface area contributed by atoms with Gasteiger partial charge in [-0.15, -0.1) is 0 Å². The van der Waals surface area contributed by atoms with Crippen LogP contribution in [0.2, 0.25) is 0 Å². The number of aromatic nitrogens is 1. The van der Waals surface area contributed by atoms with Gasteiger partial charge in [0, 0.05) is 18.2 Å². The normalized spacial score (nSPS) is 15.7. The lowest BCUT2D eigenvalue weighted by atomic mass is 9.99. The third kappa shape index (κ3) is 3.67. The number of amides is 1. The molecule has 134 valence electrons. The second-order valence-corrected chi connectivity index (χ2v) is 6.53. The first kappa shape index (κ1) is 17.9. The van der Waals surface area contributed by atoms with E-state index < -0.39 is 0 Å². The Morgan fingerprint density at radius 1 is 1.15 bits per heavy atom. The summed E-state index contributed by atoms with van der Waals surface area (Å²) in [7, 11) is 0. The molecule has 2 heterocycles. The standard InChI is InChI=1S/C21H22N2O3/c1-14(20(24)18-11-7-8-15(2)22-18)12-23-13-26-16(3)19(21(23)25)17-9-5-4-6-10-17/h4-11,14H,12-13H2,1-3H3. The molecule has 0 radical (unpaired) electrons. The van der Waals surface area contributed by atoms with Crippen LogP contribution in [-0.4, -0.2) is 34.8 Å². The molecule has 0 saturated carbocycles. The van der Waals surface area contributed by atoms with Gasteiger partial charge in [0.05, 0.1) is 5.57 Å². The van der Waals surface area contributed by atoms with E-state index in [0.29, 0.717) is 17.0 Å². The summed E-state index contributed by atoms with van der Waals surface area (Å²) in [6, 6.07) is 14.8. The van der Waals surface area contributed by atoms with Crippen LogP contribution in [0.5, 0.6) is 0 Å². The average molecular weight is 350 g/mol. The van der Waals surface area contributed by atoms with E-state index >= 15 is 0 Å². The maximum atomic E-state index is 12.9. The number of carbonyl (C=O) groups excluding carboxylic acids is 2. The Morgan fingerprint density at radius 2 is 1.88 bits per heavy atom. The number of rotatable bonds is 5. The van der Waals surface area contributed by atoms with Crippen LogP contribution >= 0.6 is 0 Å². The minimum absolute atomic E-state index is 0.0750.